The van der Waals surface area contributed by atoms with Crippen LogP contribution in [0.5, 0.6) is 0 Å². The minimum Gasteiger partial charge on any atom is -0.356 e. The number of carbonyl (C=O) groups is 1. The summed E-state index contributed by atoms with van der Waals surface area (Å²) in [4.78, 5) is 12.2. The van der Waals surface area contributed by atoms with Crippen LogP contribution in [0.15, 0.2) is 57.7 Å². The Morgan fingerprint density at radius 3 is 3.04 bits per heavy atom. The maximum Gasteiger partial charge on any atom is 0.231 e. The fourth-order valence-electron chi connectivity index (χ4n) is 2.43. The van der Waals surface area contributed by atoms with Crippen molar-refractivity contribution >= 4 is 44.1 Å². The number of nitrogens with zero attached hydrogens (tertiary/aromatic N) is 3. The van der Waals surface area contributed by atoms with E-state index in [0.29, 0.717) is 17.1 Å². The first kappa shape index (κ1) is 14.0. The largest absolute Gasteiger partial charge is 0.356 e. The van der Waals surface area contributed by atoms with Gasteiger partial charge in [-0.15, -0.1) is 5.10 Å². The van der Waals surface area contributed by atoms with Gasteiger partial charge in [-0.2, -0.15) is 0 Å². The third kappa shape index (κ3) is 2.70. The minimum absolute atomic E-state index is 0.134. The van der Waals surface area contributed by atoms with Crippen molar-refractivity contribution in [2.24, 2.45) is 0 Å². The number of pyridine rings is 1. The smallest absolute Gasteiger partial charge is 0.231 e. The zero-order chi connectivity index (χ0) is 15.8. The zero-order valence-electron chi connectivity index (χ0n) is 11.9. The number of aromatic nitrogens is 3. The molecule has 0 unspecified atom stereocenters. The number of anilines is 1. The summed E-state index contributed by atoms with van der Waals surface area (Å²) in [5.41, 5.74) is 2.19. The molecule has 0 bridgehead atoms. The van der Waals surface area contributed by atoms with Gasteiger partial charge in [-0.25, -0.2) is 4.52 Å². The normalized spacial score (nSPS) is 11.2. The number of hydrogen-bond donors (Lipinski definition) is 1. The summed E-state index contributed by atoms with van der Waals surface area (Å²) in [6.45, 7) is 0. The van der Waals surface area contributed by atoms with Crippen LogP contribution in [0.4, 0.5) is 5.82 Å². The van der Waals surface area contributed by atoms with Crippen LogP contribution in [0, 0.1) is 0 Å². The predicted octanol–water partition coefficient (Wildman–Crippen LogP) is 3.42. The molecule has 0 aliphatic rings. The third-order valence-electron chi connectivity index (χ3n) is 3.47. The van der Waals surface area contributed by atoms with E-state index in [1.807, 2.05) is 48.7 Å². The number of carbonyl (C=O) groups excluding carboxylic acids is 1. The molecule has 4 rings (SSSR count). The second kappa shape index (κ2) is 5.51. The van der Waals surface area contributed by atoms with Gasteiger partial charge in [-0.3, -0.25) is 4.79 Å². The summed E-state index contributed by atoms with van der Waals surface area (Å²) in [6, 6.07) is 13.1. The lowest BCUT2D eigenvalue weighted by molar-refractivity contribution is -0.115. The van der Waals surface area contributed by atoms with Gasteiger partial charge in [-0.05, 0) is 40.2 Å². The first-order chi connectivity index (χ1) is 11.2. The zero-order valence-corrected chi connectivity index (χ0v) is 13.4. The Balaban J connectivity index is 1.54. The summed E-state index contributed by atoms with van der Waals surface area (Å²) < 4.78 is 7.82. The molecule has 1 N–H and O–H groups in total. The second-order valence-electron chi connectivity index (χ2n) is 5.10. The first-order valence-corrected chi connectivity index (χ1v) is 7.76. The van der Waals surface area contributed by atoms with Crippen molar-refractivity contribution in [3.8, 4) is 0 Å². The van der Waals surface area contributed by atoms with E-state index < -0.39 is 0 Å². The Labute approximate surface area is 139 Å². The second-order valence-corrected chi connectivity index (χ2v) is 6.01. The molecule has 0 aliphatic carbocycles. The minimum atomic E-state index is -0.188. The Hall–Kier alpha value is -2.67. The van der Waals surface area contributed by atoms with Crippen molar-refractivity contribution in [3.63, 3.8) is 0 Å². The van der Waals surface area contributed by atoms with Crippen LogP contribution in [0.25, 0.3) is 16.5 Å². The molecule has 0 radical (unpaired) electrons. The van der Waals surface area contributed by atoms with Crippen molar-refractivity contribution in [1.82, 2.24) is 14.8 Å². The summed E-state index contributed by atoms with van der Waals surface area (Å²) in [7, 11) is 0. The van der Waals surface area contributed by atoms with E-state index in [0.717, 1.165) is 15.4 Å². The van der Waals surface area contributed by atoms with E-state index in [-0.39, 0.29) is 12.3 Å². The Morgan fingerprint density at radius 1 is 1.26 bits per heavy atom. The molecule has 4 aromatic rings. The quantitative estimate of drug-likeness (QED) is 0.599. The summed E-state index contributed by atoms with van der Waals surface area (Å²) in [5, 5.41) is 11.9. The lowest BCUT2D eigenvalue weighted by Gasteiger charge is -1.99. The van der Waals surface area contributed by atoms with Gasteiger partial charge in [-0.1, -0.05) is 17.3 Å². The molecule has 3 heterocycles. The molecular formula is C16H11BrN4O2. The van der Waals surface area contributed by atoms with Crippen molar-refractivity contribution in [2.75, 3.05) is 5.32 Å². The van der Waals surface area contributed by atoms with Crippen LogP contribution in [0.2, 0.25) is 0 Å². The Bertz CT molecular complexity index is 1020. The molecule has 114 valence electrons. The lowest BCUT2D eigenvalue weighted by atomic mass is 10.1. The highest BCUT2D eigenvalue weighted by Crippen LogP contribution is 2.19. The molecule has 6 nitrogen and oxygen atoms in total. The number of amides is 1. The van der Waals surface area contributed by atoms with E-state index >= 15 is 0 Å². The lowest BCUT2D eigenvalue weighted by Crippen LogP contribution is -2.15. The van der Waals surface area contributed by atoms with Crippen LogP contribution in [-0.4, -0.2) is 20.7 Å². The summed E-state index contributed by atoms with van der Waals surface area (Å²) in [5.74, 6) is 0.312. The van der Waals surface area contributed by atoms with Crippen LogP contribution < -0.4 is 5.32 Å². The number of hydrogen-bond acceptors (Lipinski definition) is 4. The Morgan fingerprint density at radius 2 is 2.13 bits per heavy atom. The maximum atomic E-state index is 12.2. The molecule has 1 amide bonds. The van der Waals surface area contributed by atoms with Gasteiger partial charge in [0.25, 0.3) is 0 Å². The Kier molecular flexibility index (Phi) is 3.34. The molecule has 0 saturated carbocycles. The third-order valence-corrected chi connectivity index (χ3v) is 3.94. The van der Waals surface area contributed by atoms with E-state index in [4.69, 9.17) is 4.52 Å². The fraction of sp³-hybridized carbons (Fsp3) is 0.0625. The molecule has 0 atom stereocenters. The van der Waals surface area contributed by atoms with Gasteiger partial charge in [0, 0.05) is 22.1 Å². The van der Waals surface area contributed by atoms with Crippen LogP contribution >= 0.6 is 15.9 Å². The molecular weight excluding hydrogens is 360 g/mol. The topological polar surface area (TPSA) is 72.4 Å². The van der Waals surface area contributed by atoms with Gasteiger partial charge in [0.05, 0.1) is 11.9 Å². The monoisotopic (exact) mass is 370 g/mol. The van der Waals surface area contributed by atoms with Crippen molar-refractivity contribution in [2.45, 2.75) is 6.42 Å². The maximum absolute atomic E-state index is 12.2. The van der Waals surface area contributed by atoms with E-state index in [2.05, 4.69) is 31.5 Å². The predicted molar refractivity (Wildman–Crippen MR) is 89.2 cm³/mol. The highest BCUT2D eigenvalue weighted by Gasteiger charge is 2.13. The van der Waals surface area contributed by atoms with Crippen LogP contribution in [0.3, 0.4) is 0 Å². The van der Waals surface area contributed by atoms with Gasteiger partial charge in [0.2, 0.25) is 5.91 Å². The summed E-state index contributed by atoms with van der Waals surface area (Å²) in [6.07, 6.45) is 1.96. The van der Waals surface area contributed by atoms with E-state index in [1.165, 1.54) is 0 Å². The van der Waals surface area contributed by atoms with E-state index in [1.54, 1.807) is 4.52 Å². The highest BCUT2D eigenvalue weighted by atomic mass is 79.9. The fourth-order valence-corrected chi connectivity index (χ4v) is 2.75. The number of para-hydroxylation sites is 1. The summed E-state index contributed by atoms with van der Waals surface area (Å²) >= 11 is 3.39. The average Bonchev–Trinajstić information content (AvgIpc) is 3.11. The number of fused-ring (bicyclic) bond motifs is 2. The molecule has 0 saturated heterocycles. The van der Waals surface area contributed by atoms with Crippen LogP contribution in [0.1, 0.15) is 5.69 Å². The molecule has 3 aromatic heterocycles. The highest BCUT2D eigenvalue weighted by molar-refractivity contribution is 9.10. The molecule has 23 heavy (non-hydrogen) atoms. The number of benzene rings is 1. The SMILES string of the molecule is O=C(Cc1noc2ccccc12)Nc1cc2ccc(Br)cn2n1. The molecule has 0 aliphatic heterocycles. The van der Waals surface area contributed by atoms with Gasteiger partial charge >= 0.3 is 0 Å². The molecule has 1 aromatic carbocycles. The van der Waals surface area contributed by atoms with Crippen molar-refractivity contribution < 1.29 is 9.32 Å². The van der Waals surface area contributed by atoms with E-state index in [9.17, 15) is 4.79 Å². The van der Waals surface area contributed by atoms with Crippen molar-refractivity contribution in [3.05, 3.63) is 58.8 Å². The number of halogens is 1. The standard InChI is InChI=1S/C16H11BrN4O2/c17-10-5-6-11-7-15(19-21(11)9-10)18-16(22)8-13-12-3-1-2-4-14(12)23-20-13/h1-7,9H,8H2,(H,18,19,22). The molecule has 7 heteroatoms. The van der Waals surface area contributed by atoms with Gasteiger partial charge < -0.3 is 9.84 Å². The van der Waals surface area contributed by atoms with Crippen molar-refractivity contribution in [1.29, 1.82) is 0 Å². The number of rotatable bonds is 3. The average molecular weight is 371 g/mol. The molecule has 0 fully saturated rings. The van der Waals surface area contributed by atoms with Gasteiger partial charge in [0.1, 0.15) is 5.69 Å². The van der Waals surface area contributed by atoms with Crippen LogP contribution in [-0.2, 0) is 11.2 Å². The first-order valence-electron chi connectivity index (χ1n) is 6.97. The molecule has 0 spiro atoms. The van der Waals surface area contributed by atoms with Gasteiger partial charge in [0.15, 0.2) is 11.4 Å². The number of nitrogens with one attached hydrogen (secondary N) is 1.